The van der Waals surface area contributed by atoms with Gasteiger partial charge in [-0.2, -0.15) is 0 Å². The first-order chi connectivity index (χ1) is 11.0. The highest BCUT2D eigenvalue weighted by atomic mass is 35.5. The van der Waals surface area contributed by atoms with E-state index in [0.29, 0.717) is 0 Å². The lowest BCUT2D eigenvalue weighted by Gasteiger charge is -2.15. The Hall–Kier alpha value is -0.920. The summed E-state index contributed by atoms with van der Waals surface area (Å²) < 4.78 is 56.1. The minimum Gasteiger partial charge on any atom is -0.477 e. The fourth-order valence-corrected chi connectivity index (χ4v) is 3.19. The van der Waals surface area contributed by atoms with Crippen LogP contribution in [0.25, 0.3) is 11.1 Å². The van der Waals surface area contributed by atoms with Crippen molar-refractivity contribution in [3.63, 3.8) is 0 Å². The Labute approximate surface area is 156 Å². The van der Waals surface area contributed by atoms with Gasteiger partial charge in [-0.1, -0.05) is 58.0 Å². The summed E-state index contributed by atoms with van der Waals surface area (Å²) in [6.45, 7) is 0. The molecular weight excluding hydrogens is 441 g/mol. The number of rotatable bonds is 2. The summed E-state index contributed by atoms with van der Waals surface area (Å²) in [6.07, 6.45) is 0. The molecule has 0 heterocycles. The van der Waals surface area contributed by atoms with E-state index in [1.54, 1.807) is 0 Å². The van der Waals surface area contributed by atoms with Crippen LogP contribution in [0.3, 0.4) is 0 Å². The van der Waals surface area contributed by atoms with E-state index < -0.39 is 66.0 Å². The zero-order chi connectivity index (χ0) is 18.5. The molecule has 2 aromatic carbocycles. The van der Waals surface area contributed by atoms with Crippen molar-refractivity contribution in [1.29, 1.82) is 0 Å². The molecule has 2 rings (SSSR count). The van der Waals surface area contributed by atoms with Gasteiger partial charge in [-0.25, -0.2) is 22.4 Å². The molecular formula is C13HCl5F4O2. The van der Waals surface area contributed by atoms with Crippen LogP contribution in [-0.4, -0.2) is 11.1 Å². The second kappa shape index (κ2) is 6.77. The smallest absolute Gasteiger partial charge is 0.341 e. The third kappa shape index (κ3) is 2.80. The largest absolute Gasteiger partial charge is 0.477 e. The van der Waals surface area contributed by atoms with Gasteiger partial charge in [-0.3, -0.25) is 0 Å². The van der Waals surface area contributed by atoms with Crippen molar-refractivity contribution in [3.05, 3.63) is 53.9 Å². The average Bonchev–Trinajstić information content (AvgIpc) is 2.52. The number of hydrogen-bond acceptors (Lipinski definition) is 1. The maximum absolute atomic E-state index is 14.2. The third-order valence-electron chi connectivity index (χ3n) is 2.94. The van der Waals surface area contributed by atoms with Crippen molar-refractivity contribution in [3.8, 4) is 11.1 Å². The standard InChI is InChI=1S/C13HCl5F4O2/c14-4-1(5(15)7(17)8(18)6(4)16)2-9(19)11(21)3(13(23)24)12(22)10(2)20/h(H,23,24). The van der Waals surface area contributed by atoms with Crippen LogP contribution in [0.4, 0.5) is 17.6 Å². The second-order valence-corrected chi connectivity index (χ2v) is 6.15. The van der Waals surface area contributed by atoms with Gasteiger partial charge in [-0.05, 0) is 0 Å². The molecule has 0 aliphatic carbocycles. The summed E-state index contributed by atoms with van der Waals surface area (Å²) in [4.78, 5) is 10.8. The quantitative estimate of drug-likeness (QED) is 0.313. The highest BCUT2D eigenvalue weighted by Crippen LogP contribution is 2.49. The van der Waals surface area contributed by atoms with Crippen LogP contribution in [0.15, 0.2) is 0 Å². The van der Waals surface area contributed by atoms with E-state index in [1.165, 1.54) is 0 Å². The van der Waals surface area contributed by atoms with Crippen molar-refractivity contribution < 1.29 is 27.5 Å². The summed E-state index contributed by atoms with van der Waals surface area (Å²) in [5.41, 5.74) is -3.96. The highest BCUT2D eigenvalue weighted by molar-refractivity contribution is 6.56. The molecule has 0 saturated carbocycles. The maximum Gasteiger partial charge on any atom is 0.341 e. The average molecular weight is 442 g/mol. The molecule has 0 atom stereocenters. The predicted molar refractivity (Wildman–Crippen MR) is 83.7 cm³/mol. The number of carboxylic acids is 1. The number of halogens is 9. The van der Waals surface area contributed by atoms with Gasteiger partial charge >= 0.3 is 5.97 Å². The SMILES string of the molecule is O=C(O)c1c(F)c(F)c(-c2c(Cl)c(Cl)c(Cl)c(Cl)c2Cl)c(F)c1F. The fraction of sp³-hybridized carbons (Fsp3) is 0. The van der Waals surface area contributed by atoms with Crippen LogP contribution in [0.5, 0.6) is 0 Å². The Morgan fingerprint density at radius 1 is 0.625 bits per heavy atom. The van der Waals surface area contributed by atoms with E-state index >= 15 is 0 Å². The van der Waals surface area contributed by atoms with E-state index in [2.05, 4.69) is 0 Å². The Bertz CT molecular complexity index is 843. The zero-order valence-electron chi connectivity index (χ0n) is 10.8. The van der Waals surface area contributed by atoms with Gasteiger partial charge in [0, 0.05) is 5.56 Å². The van der Waals surface area contributed by atoms with E-state index in [0.717, 1.165) is 0 Å². The minimum absolute atomic E-state index is 0.346. The molecule has 0 spiro atoms. The van der Waals surface area contributed by atoms with Crippen LogP contribution in [0, 0.1) is 23.3 Å². The number of carbonyl (C=O) groups is 1. The minimum atomic E-state index is -2.21. The first kappa shape index (κ1) is 19.4. The van der Waals surface area contributed by atoms with Crippen LogP contribution >= 0.6 is 58.0 Å². The normalized spacial score (nSPS) is 11.0. The van der Waals surface area contributed by atoms with Gasteiger partial charge in [0.1, 0.15) is 5.56 Å². The number of benzene rings is 2. The van der Waals surface area contributed by atoms with Gasteiger partial charge in [-0.15, -0.1) is 0 Å². The van der Waals surface area contributed by atoms with Crippen molar-refractivity contribution >= 4 is 64.0 Å². The Morgan fingerprint density at radius 2 is 0.958 bits per heavy atom. The van der Waals surface area contributed by atoms with Crippen LogP contribution in [-0.2, 0) is 0 Å². The van der Waals surface area contributed by atoms with Crippen LogP contribution < -0.4 is 0 Å². The molecule has 0 bridgehead atoms. The monoisotopic (exact) mass is 440 g/mol. The van der Waals surface area contributed by atoms with Crippen LogP contribution in [0.2, 0.25) is 25.1 Å². The van der Waals surface area contributed by atoms with Gasteiger partial charge in [0.05, 0.1) is 30.7 Å². The number of carboxylic acid groups (broad SMARTS) is 1. The molecule has 0 fully saturated rings. The Balaban J connectivity index is 3.04. The highest BCUT2D eigenvalue weighted by Gasteiger charge is 2.33. The van der Waals surface area contributed by atoms with Crippen molar-refractivity contribution in [2.45, 2.75) is 0 Å². The summed E-state index contributed by atoms with van der Waals surface area (Å²) in [5, 5.41) is 6.13. The Morgan fingerprint density at radius 3 is 1.29 bits per heavy atom. The summed E-state index contributed by atoms with van der Waals surface area (Å²) in [7, 11) is 0. The van der Waals surface area contributed by atoms with E-state index in [1.807, 2.05) is 0 Å². The zero-order valence-corrected chi connectivity index (χ0v) is 14.5. The first-order valence-corrected chi connectivity index (χ1v) is 7.52. The predicted octanol–water partition coefficient (Wildman–Crippen LogP) is 6.88. The van der Waals surface area contributed by atoms with E-state index in [-0.39, 0.29) is 5.02 Å². The lowest BCUT2D eigenvalue weighted by Crippen LogP contribution is -2.11. The molecule has 2 nitrogen and oxygen atoms in total. The molecule has 0 unspecified atom stereocenters. The second-order valence-electron chi connectivity index (χ2n) is 4.26. The molecule has 24 heavy (non-hydrogen) atoms. The van der Waals surface area contributed by atoms with Crippen molar-refractivity contribution in [2.24, 2.45) is 0 Å². The lowest BCUT2D eigenvalue weighted by atomic mass is 10.0. The number of aromatic carboxylic acids is 1. The maximum atomic E-state index is 14.2. The molecule has 0 radical (unpaired) electrons. The van der Waals surface area contributed by atoms with Gasteiger partial charge in [0.2, 0.25) is 0 Å². The molecule has 0 saturated heterocycles. The topological polar surface area (TPSA) is 37.3 Å². The fourth-order valence-electron chi connectivity index (χ4n) is 1.86. The van der Waals surface area contributed by atoms with Crippen molar-refractivity contribution in [2.75, 3.05) is 0 Å². The van der Waals surface area contributed by atoms with E-state index in [9.17, 15) is 22.4 Å². The number of hydrogen-bond donors (Lipinski definition) is 1. The lowest BCUT2D eigenvalue weighted by molar-refractivity contribution is 0.0683. The molecule has 1 N–H and O–H groups in total. The van der Waals surface area contributed by atoms with Gasteiger partial charge in [0.25, 0.3) is 0 Å². The summed E-state index contributed by atoms with van der Waals surface area (Å²) >= 11 is 28.8. The third-order valence-corrected chi connectivity index (χ3v) is 5.21. The summed E-state index contributed by atoms with van der Waals surface area (Å²) in [6, 6.07) is 0. The van der Waals surface area contributed by atoms with E-state index in [4.69, 9.17) is 63.1 Å². The molecule has 0 aliphatic heterocycles. The molecule has 11 heteroatoms. The van der Waals surface area contributed by atoms with Gasteiger partial charge in [0.15, 0.2) is 23.3 Å². The van der Waals surface area contributed by atoms with Gasteiger partial charge < -0.3 is 5.11 Å². The molecule has 0 amide bonds. The first-order valence-electron chi connectivity index (χ1n) is 5.63. The molecule has 0 aromatic heterocycles. The molecule has 2 aromatic rings. The molecule has 0 aliphatic rings. The molecule has 128 valence electrons. The van der Waals surface area contributed by atoms with Crippen LogP contribution in [0.1, 0.15) is 10.4 Å². The Kier molecular flexibility index (Phi) is 5.47. The van der Waals surface area contributed by atoms with Crippen molar-refractivity contribution in [1.82, 2.24) is 0 Å². The summed E-state index contributed by atoms with van der Waals surface area (Å²) in [5.74, 6) is -10.6.